The fourth-order valence-electron chi connectivity index (χ4n) is 3.25. The zero-order valence-electron chi connectivity index (χ0n) is 18.3. The highest BCUT2D eigenvalue weighted by Gasteiger charge is 2.68. The Morgan fingerprint density at radius 2 is 1.10 bits per heavy atom. The Labute approximate surface area is 179 Å². The number of methoxy groups -OCH3 is 4. The minimum atomic E-state index is -2.43. The van der Waals surface area contributed by atoms with E-state index in [1.807, 2.05) is 0 Å². The lowest BCUT2D eigenvalue weighted by Gasteiger charge is -2.54. The van der Waals surface area contributed by atoms with Gasteiger partial charge in [-0.05, 0) is 13.8 Å². The lowest BCUT2D eigenvalue weighted by Crippen LogP contribution is -2.75. The summed E-state index contributed by atoms with van der Waals surface area (Å²) in [4.78, 5) is 25.6. The first-order chi connectivity index (χ1) is 13.7. The van der Waals surface area contributed by atoms with Crippen LogP contribution in [0, 0.1) is 0 Å². The number of aliphatic hydroxyl groups is 1. The van der Waals surface area contributed by atoms with Gasteiger partial charge in [-0.3, -0.25) is 0 Å². The number of alkyl halides is 1. The number of rotatable bonds is 7. The number of hydrogen-bond donors (Lipinski definition) is 1. The monoisotopic (exact) mass is 456 g/mol. The third-order valence-corrected chi connectivity index (χ3v) is 6.46. The van der Waals surface area contributed by atoms with Crippen molar-refractivity contribution in [2.75, 3.05) is 34.3 Å². The molecule has 0 amide bonds. The first kappa shape index (κ1) is 25.2. The summed E-state index contributed by atoms with van der Waals surface area (Å²) in [5, 5.41) is 11.4. The van der Waals surface area contributed by atoms with Gasteiger partial charge in [0.25, 0.3) is 11.6 Å². The molecule has 30 heavy (non-hydrogen) atoms. The minimum absolute atomic E-state index is 0.667. The van der Waals surface area contributed by atoms with Gasteiger partial charge in [0.05, 0.1) is 5.88 Å². The molecule has 2 saturated heterocycles. The molecule has 0 radical (unpaired) electrons. The predicted molar refractivity (Wildman–Crippen MR) is 99.3 cm³/mol. The van der Waals surface area contributed by atoms with Gasteiger partial charge in [0.15, 0.2) is 17.8 Å². The normalized spacial score (nSPS) is 42.6. The summed E-state index contributed by atoms with van der Waals surface area (Å²) >= 11 is 6.02. The molecule has 2 rings (SSSR count). The Kier molecular flexibility index (Phi) is 6.84. The molecular weight excluding hydrogens is 428 g/mol. The van der Waals surface area contributed by atoms with Crippen LogP contribution in [-0.2, 0) is 47.5 Å². The molecule has 0 unspecified atom stereocenters. The summed E-state index contributed by atoms with van der Waals surface area (Å²) in [5.74, 6) is -9.38. The van der Waals surface area contributed by atoms with Gasteiger partial charge in [-0.2, -0.15) is 0 Å². The topological polar surface area (TPSA) is 128 Å². The van der Waals surface area contributed by atoms with Crippen LogP contribution >= 0.6 is 11.6 Å². The maximum Gasteiger partial charge on any atom is 0.341 e. The van der Waals surface area contributed by atoms with E-state index in [4.69, 9.17) is 49.5 Å². The van der Waals surface area contributed by atoms with Gasteiger partial charge in [-0.1, -0.05) is 0 Å². The molecule has 0 aromatic rings. The molecule has 2 fully saturated rings. The molecule has 0 aromatic carbocycles. The number of carbonyl (C=O) groups excluding carboxylic acids is 2. The van der Waals surface area contributed by atoms with Gasteiger partial charge in [0.1, 0.15) is 0 Å². The van der Waals surface area contributed by atoms with Gasteiger partial charge in [-0.15, -0.1) is 11.6 Å². The Balaban J connectivity index is 2.48. The van der Waals surface area contributed by atoms with Crippen LogP contribution in [0.5, 0.6) is 0 Å². The molecule has 0 aromatic heterocycles. The van der Waals surface area contributed by atoms with Crippen LogP contribution in [-0.4, -0.2) is 92.3 Å². The Morgan fingerprint density at radius 3 is 1.33 bits per heavy atom. The third kappa shape index (κ3) is 3.51. The van der Waals surface area contributed by atoms with Crippen molar-refractivity contribution in [3.63, 3.8) is 0 Å². The highest BCUT2D eigenvalue weighted by Crippen LogP contribution is 2.45. The summed E-state index contributed by atoms with van der Waals surface area (Å²) in [5.41, 5.74) is -2.43. The van der Waals surface area contributed by atoms with E-state index in [0.717, 1.165) is 0 Å². The molecule has 11 nitrogen and oxygen atoms in total. The SMILES string of the molecule is CO[C@]1(C)OC(=O)[C@H](C(O)(CCl)[C@@H]2O[C@@](C)(OC)[C@](C)(OC)OC2=O)O[C@@]1(C)OC. The second-order valence-electron chi connectivity index (χ2n) is 7.56. The van der Waals surface area contributed by atoms with Crippen molar-refractivity contribution in [1.82, 2.24) is 0 Å². The second kappa shape index (κ2) is 8.14. The van der Waals surface area contributed by atoms with Crippen LogP contribution in [0.3, 0.4) is 0 Å². The average Bonchev–Trinajstić information content (AvgIpc) is 2.72. The maximum absolute atomic E-state index is 12.8. The van der Waals surface area contributed by atoms with Crippen molar-refractivity contribution in [3.8, 4) is 0 Å². The summed E-state index contributed by atoms with van der Waals surface area (Å²) in [6, 6.07) is 0. The molecule has 1 N–H and O–H groups in total. The summed E-state index contributed by atoms with van der Waals surface area (Å²) in [6.45, 7) is 5.71. The number of carbonyl (C=O) groups is 2. The number of hydrogen-bond acceptors (Lipinski definition) is 11. The van der Waals surface area contributed by atoms with Crippen molar-refractivity contribution in [3.05, 3.63) is 0 Å². The van der Waals surface area contributed by atoms with E-state index < -0.39 is 58.8 Å². The van der Waals surface area contributed by atoms with E-state index >= 15 is 0 Å². The van der Waals surface area contributed by atoms with Crippen molar-refractivity contribution in [2.45, 2.75) is 68.7 Å². The zero-order valence-corrected chi connectivity index (χ0v) is 19.0. The predicted octanol–water partition coefficient (Wildman–Crippen LogP) is 0.291. The van der Waals surface area contributed by atoms with Gasteiger partial charge in [0.2, 0.25) is 11.6 Å². The van der Waals surface area contributed by atoms with Crippen LogP contribution in [0.1, 0.15) is 27.7 Å². The summed E-state index contributed by atoms with van der Waals surface area (Å²) in [6.07, 6.45) is -3.59. The highest BCUT2D eigenvalue weighted by atomic mass is 35.5. The Morgan fingerprint density at radius 1 is 0.800 bits per heavy atom. The van der Waals surface area contributed by atoms with Crippen LogP contribution in [0.25, 0.3) is 0 Å². The quantitative estimate of drug-likeness (QED) is 0.419. The van der Waals surface area contributed by atoms with Crippen LogP contribution in [0.15, 0.2) is 0 Å². The van der Waals surface area contributed by atoms with E-state index in [2.05, 4.69) is 0 Å². The number of cyclic esters (lactones) is 2. The van der Waals surface area contributed by atoms with Crippen molar-refractivity contribution in [2.24, 2.45) is 0 Å². The summed E-state index contributed by atoms with van der Waals surface area (Å²) < 4.78 is 43.4. The lowest BCUT2D eigenvalue weighted by molar-refractivity contribution is -0.435. The van der Waals surface area contributed by atoms with Gasteiger partial charge < -0.3 is 43.0 Å². The van der Waals surface area contributed by atoms with Crippen molar-refractivity contribution in [1.29, 1.82) is 0 Å². The molecule has 6 atom stereocenters. The zero-order chi connectivity index (χ0) is 23.2. The van der Waals surface area contributed by atoms with E-state index in [1.165, 1.54) is 56.1 Å². The molecule has 0 spiro atoms. The van der Waals surface area contributed by atoms with Crippen LogP contribution in [0.4, 0.5) is 0 Å². The van der Waals surface area contributed by atoms with Crippen LogP contribution in [0.2, 0.25) is 0 Å². The van der Waals surface area contributed by atoms with Gasteiger partial charge in [0, 0.05) is 42.3 Å². The van der Waals surface area contributed by atoms with Crippen LogP contribution < -0.4 is 0 Å². The smallest absolute Gasteiger partial charge is 0.341 e. The molecule has 2 aliphatic heterocycles. The molecule has 0 saturated carbocycles. The van der Waals surface area contributed by atoms with Crippen molar-refractivity contribution < 1.29 is 52.6 Å². The molecule has 12 heteroatoms. The van der Waals surface area contributed by atoms with E-state index in [-0.39, 0.29) is 0 Å². The lowest BCUT2D eigenvalue weighted by atomic mass is 9.88. The largest absolute Gasteiger partial charge is 0.425 e. The minimum Gasteiger partial charge on any atom is -0.425 e. The molecule has 2 aliphatic rings. The second-order valence-corrected chi connectivity index (χ2v) is 7.83. The maximum atomic E-state index is 12.8. The fraction of sp³-hybridized carbons (Fsp3) is 0.889. The van der Waals surface area contributed by atoms with Crippen molar-refractivity contribution >= 4 is 23.5 Å². The fourth-order valence-corrected chi connectivity index (χ4v) is 3.53. The van der Waals surface area contributed by atoms with Gasteiger partial charge in [-0.25, -0.2) is 9.59 Å². The molecular formula is C18H29ClO11. The molecule has 0 bridgehead atoms. The molecule has 174 valence electrons. The number of ether oxygens (including phenoxy) is 8. The Hall–Kier alpha value is -1.05. The Bertz CT molecular complexity index is 637. The number of esters is 2. The van der Waals surface area contributed by atoms with Gasteiger partial charge >= 0.3 is 11.9 Å². The first-order valence-electron chi connectivity index (χ1n) is 9.05. The van der Waals surface area contributed by atoms with E-state index in [1.54, 1.807) is 0 Å². The first-order valence-corrected chi connectivity index (χ1v) is 9.59. The molecule has 2 heterocycles. The third-order valence-electron chi connectivity index (χ3n) is 6.03. The molecule has 0 aliphatic carbocycles. The summed E-state index contributed by atoms with van der Waals surface area (Å²) in [7, 11) is 5.17. The highest BCUT2D eigenvalue weighted by molar-refractivity contribution is 6.19. The number of halogens is 1. The average molecular weight is 457 g/mol. The van der Waals surface area contributed by atoms with E-state index in [0.29, 0.717) is 0 Å². The standard InChI is InChI=1S/C18H29ClO11/c1-14(23-5)16(3,25-7)29-12(20)10(27-14)18(22,9-19)11-13(21)30-17(4,26-8)15(2,24-6)28-11/h10-11,22H,9H2,1-8H3/t10-,11-,14-,15-,16-,17-/m1/s1. The van der Waals surface area contributed by atoms with E-state index in [9.17, 15) is 14.7 Å².